The number of likely N-dealkylation sites (tertiary alicyclic amines) is 1. The van der Waals surface area contributed by atoms with Crippen LogP contribution in [0.4, 0.5) is 5.69 Å². The molecular weight excluding hydrogens is 370 g/mol. The van der Waals surface area contributed by atoms with Gasteiger partial charge < -0.3 is 19.5 Å². The second-order valence-electron chi connectivity index (χ2n) is 7.77. The molecule has 1 N–H and O–H groups in total. The van der Waals surface area contributed by atoms with Crippen molar-refractivity contribution in [1.82, 2.24) is 9.80 Å². The summed E-state index contributed by atoms with van der Waals surface area (Å²) in [4.78, 5) is 40.5. The van der Waals surface area contributed by atoms with Crippen molar-refractivity contribution in [3.8, 4) is 0 Å². The summed E-state index contributed by atoms with van der Waals surface area (Å²) < 4.78 is 5.28. The van der Waals surface area contributed by atoms with Gasteiger partial charge in [-0.3, -0.25) is 14.4 Å². The lowest BCUT2D eigenvalue weighted by Gasteiger charge is -2.21. The number of nitrogens with one attached hydrogen (secondary N) is 1. The Kier molecular flexibility index (Phi) is 6.06. The number of amides is 3. The number of nitrogens with zero attached hydrogens (tertiary/aromatic N) is 2. The van der Waals surface area contributed by atoms with Crippen molar-refractivity contribution in [2.24, 2.45) is 5.92 Å². The van der Waals surface area contributed by atoms with E-state index in [9.17, 15) is 14.4 Å². The zero-order valence-corrected chi connectivity index (χ0v) is 17.3. The van der Waals surface area contributed by atoms with Gasteiger partial charge in [-0.15, -0.1) is 0 Å². The first kappa shape index (κ1) is 20.6. The molecule has 0 spiro atoms. The fourth-order valence-electron chi connectivity index (χ4n) is 3.84. The summed E-state index contributed by atoms with van der Waals surface area (Å²) in [6.45, 7) is 6.53. The zero-order valence-electron chi connectivity index (χ0n) is 17.3. The van der Waals surface area contributed by atoms with Crippen molar-refractivity contribution in [1.29, 1.82) is 0 Å². The molecule has 2 heterocycles. The summed E-state index contributed by atoms with van der Waals surface area (Å²) in [6, 6.07) is 7.58. The van der Waals surface area contributed by atoms with Gasteiger partial charge in [-0.05, 0) is 44.0 Å². The molecule has 1 atom stereocenters. The maximum absolute atomic E-state index is 12.7. The standard InChI is InChI=1S/C22H27N3O4/c1-14-8-15(2)21(16(3)9-14)23-19(26)13-24(4)22(28)17-10-20(27)25(11-17)12-18-6-5-7-29-18/h5-9,17H,10-13H2,1-4H3,(H,23,26). The van der Waals surface area contributed by atoms with Gasteiger partial charge in [0.15, 0.2) is 0 Å². The Bertz CT molecular complexity index is 897. The number of rotatable bonds is 6. The van der Waals surface area contributed by atoms with Gasteiger partial charge in [0.25, 0.3) is 0 Å². The van der Waals surface area contributed by atoms with E-state index in [1.165, 1.54) is 4.90 Å². The Hall–Kier alpha value is -3.09. The van der Waals surface area contributed by atoms with Crippen molar-refractivity contribution in [3.63, 3.8) is 0 Å². The van der Waals surface area contributed by atoms with Crippen LogP contribution in [0.3, 0.4) is 0 Å². The Labute approximate surface area is 170 Å². The van der Waals surface area contributed by atoms with Gasteiger partial charge in [-0.1, -0.05) is 17.7 Å². The van der Waals surface area contributed by atoms with Crippen molar-refractivity contribution in [3.05, 3.63) is 53.0 Å². The Morgan fingerprint density at radius 2 is 1.93 bits per heavy atom. The van der Waals surface area contributed by atoms with Crippen molar-refractivity contribution in [2.75, 3.05) is 25.5 Å². The van der Waals surface area contributed by atoms with E-state index in [0.29, 0.717) is 18.8 Å². The maximum atomic E-state index is 12.7. The summed E-state index contributed by atoms with van der Waals surface area (Å²) in [5, 5.41) is 2.91. The first-order valence-electron chi connectivity index (χ1n) is 9.67. The molecule has 1 aliphatic rings. The average Bonchev–Trinajstić information content (AvgIpc) is 3.28. The molecule has 3 amide bonds. The quantitative estimate of drug-likeness (QED) is 0.812. The highest BCUT2D eigenvalue weighted by Gasteiger charge is 2.36. The highest BCUT2D eigenvalue weighted by atomic mass is 16.3. The van der Waals surface area contributed by atoms with Gasteiger partial charge in [0.05, 0.1) is 25.3 Å². The zero-order chi connectivity index (χ0) is 21.1. The van der Waals surface area contributed by atoms with Crippen LogP contribution in [0.1, 0.15) is 28.9 Å². The highest BCUT2D eigenvalue weighted by molar-refractivity contribution is 5.97. The van der Waals surface area contributed by atoms with E-state index in [1.54, 1.807) is 30.3 Å². The molecule has 1 fully saturated rings. The van der Waals surface area contributed by atoms with E-state index >= 15 is 0 Å². The maximum Gasteiger partial charge on any atom is 0.243 e. The number of benzene rings is 1. The highest BCUT2D eigenvalue weighted by Crippen LogP contribution is 2.23. The summed E-state index contributed by atoms with van der Waals surface area (Å²) in [7, 11) is 1.59. The predicted octanol–water partition coefficient (Wildman–Crippen LogP) is 2.65. The molecule has 1 aliphatic heterocycles. The molecule has 0 radical (unpaired) electrons. The summed E-state index contributed by atoms with van der Waals surface area (Å²) >= 11 is 0. The summed E-state index contributed by atoms with van der Waals surface area (Å²) in [5.74, 6) is -0.301. The SMILES string of the molecule is Cc1cc(C)c(NC(=O)CN(C)C(=O)C2CC(=O)N(Cc3ccco3)C2)c(C)c1. The molecule has 1 aromatic carbocycles. The number of hydrogen-bond donors (Lipinski definition) is 1. The predicted molar refractivity (Wildman–Crippen MR) is 109 cm³/mol. The molecule has 1 aromatic heterocycles. The second kappa shape index (κ2) is 8.51. The molecule has 0 bridgehead atoms. The van der Waals surface area contributed by atoms with Gasteiger partial charge in [-0.2, -0.15) is 0 Å². The number of likely N-dealkylation sites (N-methyl/N-ethyl adjacent to an activating group) is 1. The molecular formula is C22H27N3O4. The molecule has 7 heteroatoms. The fraction of sp³-hybridized carbons (Fsp3) is 0.409. The fourth-order valence-corrected chi connectivity index (χ4v) is 3.84. The van der Waals surface area contributed by atoms with Crippen LogP contribution >= 0.6 is 0 Å². The van der Waals surface area contributed by atoms with Gasteiger partial charge in [0.1, 0.15) is 5.76 Å². The summed E-state index contributed by atoms with van der Waals surface area (Å²) in [5.41, 5.74) is 3.89. The first-order valence-corrected chi connectivity index (χ1v) is 9.67. The van der Waals surface area contributed by atoms with Crippen LogP contribution in [-0.4, -0.2) is 47.7 Å². The van der Waals surface area contributed by atoms with Crippen LogP contribution < -0.4 is 5.32 Å². The lowest BCUT2D eigenvalue weighted by Crippen LogP contribution is -2.39. The Morgan fingerprint density at radius 3 is 2.55 bits per heavy atom. The lowest BCUT2D eigenvalue weighted by molar-refractivity contribution is -0.137. The Morgan fingerprint density at radius 1 is 1.24 bits per heavy atom. The number of hydrogen-bond acceptors (Lipinski definition) is 4. The number of aryl methyl sites for hydroxylation is 3. The van der Waals surface area contributed by atoms with Gasteiger partial charge in [-0.25, -0.2) is 0 Å². The third kappa shape index (κ3) is 4.85. The summed E-state index contributed by atoms with van der Waals surface area (Å²) in [6.07, 6.45) is 1.71. The molecule has 154 valence electrons. The van der Waals surface area contributed by atoms with Gasteiger partial charge >= 0.3 is 0 Å². The second-order valence-corrected chi connectivity index (χ2v) is 7.77. The third-order valence-electron chi connectivity index (χ3n) is 5.19. The van der Waals surface area contributed by atoms with E-state index in [2.05, 4.69) is 5.32 Å². The van der Waals surface area contributed by atoms with Crippen molar-refractivity contribution >= 4 is 23.4 Å². The molecule has 1 saturated heterocycles. The third-order valence-corrected chi connectivity index (χ3v) is 5.19. The molecule has 1 unspecified atom stereocenters. The van der Waals surface area contributed by atoms with Crippen LogP contribution in [0, 0.1) is 26.7 Å². The number of carbonyl (C=O) groups excluding carboxylic acids is 3. The van der Waals surface area contributed by atoms with Gasteiger partial charge in [0.2, 0.25) is 17.7 Å². The topological polar surface area (TPSA) is 82.9 Å². The molecule has 29 heavy (non-hydrogen) atoms. The largest absolute Gasteiger partial charge is 0.467 e. The molecule has 0 aliphatic carbocycles. The molecule has 2 aromatic rings. The van der Waals surface area contributed by atoms with Crippen LogP contribution in [0.2, 0.25) is 0 Å². The average molecular weight is 397 g/mol. The van der Waals surface area contributed by atoms with Crippen molar-refractivity contribution < 1.29 is 18.8 Å². The van der Waals surface area contributed by atoms with Gasteiger partial charge in [0, 0.05) is 25.7 Å². The smallest absolute Gasteiger partial charge is 0.243 e. The number of carbonyl (C=O) groups is 3. The molecule has 0 saturated carbocycles. The van der Waals surface area contributed by atoms with Crippen LogP contribution in [0.5, 0.6) is 0 Å². The van der Waals surface area contributed by atoms with Crippen molar-refractivity contribution in [2.45, 2.75) is 33.7 Å². The minimum atomic E-state index is -0.446. The van der Waals surface area contributed by atoms with E-state index in [-0.39, 0.29) is 30.7 Å². The normalized spacial score (nSPS) is 16.2. The lowest BCUT2D eigenvalue weighted by atomic mass is 10.0. The van der Waals surface area contributed by atoms with E-state index in [1.807, 2.05) is 32.9 Å². The first-order chi connectivity index (χ1) is 13.7. The molecule has 3 rings (SSSR count). The monoisotopic (exact) mass is 397 g/mol. The molecule has 7 nitrogen and oxygen atoms in total. The van der Waals surface area contributed by atoms with E-state index < -0.39 is 5.92 Å². The number of anilines is 1. The minimum absolute atomic E-state index is 0.0610. The van der Waals surface area contributed by atoms with Crippen LogP contribution in [0.25, 0.3) is 0 Å². The van der Waals surface area contributed by atoms with E-state index in [4.69, 9.17) is 4.42 Å². The Balaban J connectivity index is 1.56. The number of furan rings is 1. The van der Waals surface area contributed by atoms with Crippen LogP contribution in [0.15, 0.2) is 34.9 Å². The van der Waals surface area contributed by atoms with E-state index in [0.717, 1.165) is 22.4 Å². The minimum Gasteiger partial charge on any atom is -0.467 e. The van der Waals surface area contributed by atoms with Crippen LogP contribution in [-0.2, 0) is 20.9 Å².